The van der Waals surface area contributed by atoms with Crippen molar-refractivity contribution >= 4 is 11.6 Å². The standard InChI is InChI=1S/C21H20N6O/c1-15-11-20(16(2)26(15)12-18-5-3-4-10-23-18)21(28)25-17-6-8-19(9-7-17)27-14-22-13-24-27/h3-11,13-14H,12H2,1-2H3,(H,25,28). The number of amides is 1. The van der Waals surface area contributed by atoms with Gasteiger partial charge in [-0.2, -0.15) is 5.10 Å². The number of pyridine rings is 1. The minimum absolute atomic E-state index is 0.131. The van der Waals surface area contributed by atoms with Gasteiger partial charge in [-0.1, -0.05) is 6.07 Å². The molecule has 4 aromatic rings. The van der Waals surface area contributed by atoms with Crippen molar-refractivity contribution in [2.24, 2.45) is 0 Å². The number of nitrogens with zero attached hydrogens (tertiary/aromatic N) is 5. The van der Waals surface area contributed by atoms with E-state index in [0.717, 1.165) is 28.5 Å². The molecule has 0 bridgehead atoms. The number of nitrogens with one attached hydrogen (secondary N) is 1. The van der Waals surface area contributed by atoms with E-state index < -0.39 is 0 Å². The van der Waals surface area contributed by atoms with Crippen LogP contribution in [0.3, 0.4) is 0 Å². The lowest BCUT2D eigenvalue weighted by molar-refractivity contribution is 0.102. The molecule has 0 aliphatic carbocycles. The summed E-state index contributed by atoms with van der Waals surface area (Å²) in [7, 11) is 0. The van der Waals surface area contributed by atoms with Crippen molar-refractivity contribution in [1.82, 2.24) is 24.3 Å². The van der Waals surface area contributed by atoms with Crippen LogP contribution in [0.4, 0.5) is 5.69 Å². The summed E-state index contributed by atoms with van der Waals surface area (Å²) in [5.41, 5.74) is 5.16. The van der Waals surface area contributed by atoms with E-state index in [0.29, 0.717) is 12.1 Å². The molecule has 0 aliphatic heterocycles. The number of benzene rings is 1. The molecule has 4 rings (SSSR count). The molecule has 0 spiro atoms. The third kappa shape index (κ3) is 3.55. The Labute approximate surface area is 162 Å². The third-order valence-corrected chi connectivity index (χ3v) is 4.67. The zero-order valence-electron chi connectivity index (χ0n) is 15.7. The number of carbonyl (C=O) groups is 1. The first-order chi connectivity index (χ1) is 13.6. The average Bonchev–Trinajstić information content (AvgIpc) is 3.34. The largest absolute Gasteiger partial charge is 0.342 e. The van der Waals surface area contributed by atoms with Crippen LogP contribution >= 0.6 is 0 Å². The van der Waals surface area contributed by atoms with Crippen LogP contribution in [0.25, 0.3) is 5.69 Å². The summed E-state index contributed by atoms with van der Waals surface area (Å²) in [6.45, 7) is 4.59. The van der Waals surface area contributed by atoms with E-state index in [4.69, 9.17) is 0 Å². The van der Waals surface area contributed by atoms with Crippen LogP contribution in [0.15, 0.2) is 67.4 Å². The molecule has 28 heavy (non-hydrogen) atoms. The Kier molecular flexibility index (Phi) is 4.72. The number of carbonyl (C=O) groups excluding carboxylic acids is 1. The van der Waals surface area contributed by atoms with Gasteiger partial charge in [0.1, 0.15) is 12.7 Å². The predicted molar refractivity (Wildman–Crippen MR) is 107 cm³/mol. The maximum Gasteiger partial charge on any atom is 0.257 e. The fraction of sp³-hybridized carbons (Fsp3) is 0.143. The minimum atomic E-state index is -0.131. The summed E-state index contributed by atoms with van der Waals surface area (Å²) < 4.78 is 3.77. The molecular formula is C21H20N6O. The summed E-state index contributed by atoms with van der Waals surface area (Å²) in [6.07, 6.45) is 4.89. The monoisotopic (exact) mass is 372 g/mol. The van der Waals surface area contributed by atoms with Crippen LogP contribution in [0.2, 0.25) is 0 Å². The van der Waals surface area contributed by atoms with Gasteiger partial charge in [-0.15, -0.1) is 0 Å². The van der Waals surface area contributed by atoms with Crippen LogP contribution in [-0.2, 0) is 6.54 Å². The molecule has 0 unspecified atom stereocenters. The summed E-state index contributed by atoms with van der Waals surface area (Å²) in [5, 5.41) is 7.06. The number of aryl methyl sites for hydroxylation is 1. The highest BCUT2D eigenvalue weighted by Gasteiger charge is 2.16. The molecule has 0 fully saturated rings. The molecule has 0 saturated heterocycles. The summed E-state index contributed by atoms with van der Waals surface area (Å²) in [5.74, 6) is -0.131. The van der Waals surface area contributed by atoms with Crippen LogP contribution in [0, 0.1) is 13.8 Å². The van der Waals surface area contributed by atoms with Gasteiger partial charge in [-0.25, -0.2) is 9.67 Å². The van der Waals surface area contributed by atoms with Crippen molar-refractivity contribution in [1.29, 1.82) is 0 Å². The number of aromatic nitrogens is 5. The highest BCUT2D eigenvalue weighted by molar-refractivity contribution is 6.05. The molecular weight excluding hydrogens is 352 g/mol. The van der Waals surface area contributed by atoms with E-state index >= 15 is 0 Å². The number of anilines is 1. The average molecular weight is 372 g/mol. The second kappa shape index (κ2) is 7.48. The summed E-state index contributed by atoms with van der Waals surface area (Å²) >= 11 is 0. The summed E-state index contributed by atoms with van der Waals surface area (Å²) in [4.78, 5) is 21.1. The van der Waals surface area contributed by atoms with Crippen molar-refractivity contribution in [3.05, 3.63) is 90.0 Å². The Balaban J connectivity index is 1.51. The normalized spacial score (nSPS) is 10.8. The Bertz CT molecular complexity index is 1080. The van der Waals surface area contributed by atoms with E-state index in [-0.39, 0.29) is 5.91 Å². The first kappa shape index (κ1) is 17.7. The topological polar surface area (TPSA) is 77.6 Å². The van der Waals surface area contributed by atoms with Crippen molar-refractivity contribution in [3.8, 4) is 5.69 Å². The molecule has 7 nitrogen and oxygen atoms in total. The van der Waals surface area contributed by atoms with Gasteiger partial charge in [0.05, 0.1) is 23.5 Å². The van der Waals surface area contributed by atoms with Crippen LogP contribution in [-0.4, -0.2) is 30.2 Å². The molecule has 1 amide bonds. The minimum Gasteiger partial charge on any atom is -0.342 e. The number of hydrogen-bond acceptors (Lipinski definition) is 4. The van der Waals surface area contributed by atoms with Gasteiger partial charge in [-0.05, 0) is 56.3 Å². The molecule has 3 aromatic heterocycles. The van der Waals surface area contributed by atoms with E-state index in [9.17, 15) is 4.79 Å². The van der Waals surface area contributed by atoms with Gasteiger partial charge in [0.15, 0.2) is 0 Å². The molecule has 1 N–H and O–H groups in total. The second-order valence-electron chi connectivity index (χ2n) is 6.53. The zero-order chi connectivity index (χ0) is 19.5. The SMILES string of the molecule is Cc1cc(C(=O)Nc2ccc(-n3cncn3)cc2)c(C)n1Cc1ccccn1. The Morgan fingerprint density at radius 3 is 2.61 bits per heavy atom. The van der Waals surface area contributed by atoms with Gasteiger partial charge >= 0.3 is 0 Å². The lowest BCUT2D eigenvalue weighted by Gasteiger charge is -2.10. The third-order valence-electron chi connectivity index (χ3n) is 4.67. The smallest absolute Gasteiger partial charge is 0.257 e. The Morgan fingerprint density at radius 2 is 1.93 bits per heavy atom. The highest BCUT2D eigenvalue weighted by atomic mass is 16.1. The fourth-order valence-corrected chi connectivity index (χ4v) is 3.17. The van der Waals surface area contributed by atoms with Crippen molar-refractivity contribution in [2.45, 2.75) is 20.4 Å². The molecule has 7 heteroatoms. The van der Waals surface area contributed by atoms with Gasteiger partial charge in [0.2, 0.25) is 0 Å². The lowest BCUT2D eigenvalue weighted by atomic mass is 10.2. The zero-order valence-corrected chi connectivity index (χ0v) is 15.7. The first-order valence-electron chi connectivity index (χ1n) is 8.95. The van der Waals surface area contributed by atoms with Crippen LogP contribution in [0.1, 0.15) is 27.4 Å². The number of hydrogen-bond donors (Lipinski definition) is 1. The first-order valence-corrected chi connectivity index (χ1v) is 8.95. The molecule has 0 atom stereocenters. The van der Waals surface area contributed by atoms with Gasteiger partial charge in [0.25, 0.3) is 5.91 Å². The van der Waals surface area contributed by atoms with E-state index in [2.05, 4.69) is 25.0 Å². The molecule has 0 saturated carbocycles. The van der Waals surface area contributed by atoms with Gasteiger partial charge in [-0.3, -0.25) is 9.78 Å². The van der Waals surface area contributed by atoms with Crippen molar-refractivity contribution in [2.75, 3.05) is 5.32 Å². The van der Waals surface area contributed by atoms with Gasteiger partial charge < -0.3 is 9.88 Å². The van der Waals surface area contributed by atoms with E-state index in [1.54, 1.807) is 17.2 Å². The van der Waals surface area contributed by atoms with Gasteiger partial charge in [0, 0.05) is 23.3 Å². The lowest BCUT2D eigenvalue weighted by Crippen LogP contribution is -2.13. The molecule has 0 radical (unpaired) electrons. The maximum atomic E-state index is 12.8. The molecule has 3 heterocycles. The van der Waals surface area contributed by atoms with E-state index in [1.807, 2.05) is 62.4 Å². The highest BCUT2D eigenvalue weighted by Crippen LogP contribution is 2.19. The molecule has 0 aliphatic rings. The molecule has 140 valence electrons. The fourth-order valence-electron chi connectivity index (χ4n) is 3.17. The quantitative estimate of drug-likeness (QED) is 0.583. The van der Waals surface area contributed by atoms with Crippen LogP contribution < -0.4 is 5.32 Å². The maximum absolute atomic E-state index is 12.8. The molecule has 1 aromatic carbocycles. The predicted octanol–water partition coefficient (Wildman–Crippen LogP) is 3.38. The Morgan fingerprint density at radius 1 is 1.11 bits per heavy atom. The van der Waals surface area contributed by atoms with Crippen LogP contribution in [0.5, 0.6) is 0 Å². The Hall–Kier alpha value is -3.74. The van der Waals surface area contributed by atoms with Crippen molar-refractivity contribution in [3.63, 3.8) is 0 Å². The number of rotatable bonds is 5. The second-order valence-corrected chi connectivity index (χ2v) is 6.53. The summed E-state index contributed by atoms with van der Waals surface area (Å²) in [6, 6.07) is 15.2. The van der Waals surface area contributed by atoms with Crippen molar-refractivity contribution < 1.29 is 4.79 Å². The van der Waals surface area contributed by atoms with E-state index in [1.165, 1.54) is 6.33 Å².